The number of hydrogen-bond donors (Lipinski definition) is 1. The molecule has 0 aliphatic carbocycles. The molecule has 0 bridgehead atoms. The van der Waals surface area contributed by atoms with E-state index in [-0.39, 0.29) is 11.9 Å². The van der Waals surface area contributed by atoms with Crippen LogP contribution in [0.2, 0.25) is 0 Å². The zero-order valence-corrected chi connectivity index (χ0v) is 11.0. The highest BCUT2D eigenvalue weighted by Crippen LogP contribution is 2.21. The maximum atomic E-state index is 13.3. The number of rotatable bonds is 4. The van der Waals surface area contributed by atoms with Crippen LogP contribution < -0.4 is 5.32 Å². The Morgan fingerprint density at radius 2 is 2.18 bits per heavy atom. The molecule has 90 valence electrons. The minimum Gasteiger partial charge on any atom is -0.468 e. The van der Waals surface area contributed by atoms with Crippen LogP contribution in [0.15, 0.2) is 45.5 Å². The van der Waals surface area contributed by atoms with Crippen molar-refractivity contribution < 1.29 is 8.81 Å². The first-order chi connectivity index (χ1) is 8.18. The predicted octanol–water partition coefficient (Wildman–Crippen LogP) is 4.03. The molecule has 0 fully saturated rings. The van der Waals surface area contributed by atoms with Gasteiger partial charge in [-0.15, -0.1) is 0 Å². The molecule has 0 radical (unpaired) electrons. The molecule has 0 saturated carbocycles. The second-order valence-electron chi connectivity index (χ2n) is 3.83. The van der Waals surface area contributed by atoms with Crippen LogP contribution in [-0.2, 0) is 6.54 Å². The summed E-state index contributed by atoms with van der Waals surface area (Å²) in [6.45, 7) is 2.59. The third-order valence-corrected chi connectivity index (χ3v) is 3.49. The fourth-order valence-electron chi connectivity index (χ4n) is 1.59. The third-order valence-electron chi connectivity index (χ3n) is 2.60. The first kappa shape index (κ1) is 12.3. The quantitative estimate of drug-likeness (QED) is 0.922. The van der Waals surface area contributed by atoms with Crippen molar-refractivity contribution in [2.24, 2.45) is 0 Å². The lowest BCUT2D eigenvalue weighted by atomic mass is 10.2. The number of halogens is 2. The third kappa shape index (κ3) is 2.96. The van der Waals surface area contributed by atoms with Crippen molar-refractivity contribution in [1.82, 2.24) is 5.32 Å². The van der Waals surface area contributed by atoms with Gasteiger partial charge < -0.3 is 9.73 Å². The molecule has 17 heavy (non-hydrogen) atoms. The van der Waals surface area contributed by atoms with Crippen LogP contribution in [-0.4, -0.2) is 0 Å². The van der Waals surface area contributed by atoms with Gasteiger partial charge in [-0.2, -0.15) is 0 Å². The highest BCUT2D eigenvalue weighted by Gasteiger charge is 2.09. The summed E-state index contributed by atoms with van der Waals surface area (Å²) in [5.41, 5.74) is 0.892. The Hall–Kier alpha value is -1.13. The summed E-state index contributed by atoms with van der Waals surface area (Å²) in [6.07, 6.45) is 1.64. The van der Waals surface area contributed by atoms with Crippen LogP contribution in [0.25, 0.3) is 0 Å². The molecule has 0 aliphatic heterocycles. The fraction of sp³-hybridized carbons (Fsp3) is 0.231. The number of furan rings is 1. The smallest absolute Gasteiger partial charge is 0.137 e. The van der Waals surface area contributed by atoms with Gasteiger partial charge in [0.05, 0.1) is 16.8 Å². The van der Waals surface area contributed by atoms with Crippen LogP contribution in [0.4, 0.5) is 4.39 Å². The molecule has 1 heterocycles. The van der Waals surface area contributed by atoms with E-state index in [1.807, 2.05) is 25.1 Å². The highest BCUT2D eigenvalue weighted by atomic mass is 79.9. The highest BCUT2D eigenvalue weighted by molar-refractivity contribution is 9.10. The van der Waals surface area contributed by atoms with E-state index in [1.54, 1.807) is 12.3 Å². The van der Waals surface area contributed by atoms with E-state index in [9.17, 15) is 4.39 Å². The molecule has 0 amide bonds. The fourth-order valence-corrected chi connectivity index (χ4v) is 1.99. The van der Waals surface area contributed by atoms with Gasteiger partial charge in [0.1, 0.15) is 11.6 Å². The Labute approximate surface area is 108 Å². The van der Waals surface area contributed by atoms with E-state index in [2.05, 4.69) is 21.2 Å². The Bertz CT molecular complexity index is 484. The van der Waals surface area contributed by atoms with Crippen LogP contribution >= 0.6 is 15.9 Å². The number of benzene rings is 1. The van der Waals surface area contributed by atoms with Gasteiger partial charge in [0.25, 0.3) is 0 Å². The van der Waals surface area contributed by atoms with Crippen LogP contribution in [0, 0.1) is 5.82 Å². The minimum atomic E-state index is -0.241. The molecular weight excluding hydrogens is 285 g/mol. The Morgan fingerprint density at radius 3 is 2.88 bits per heavy atom. The summed E-state index contributed by atoms with van der Waals surface area (Å²) < 4.78 is 19.1. The predicted molar refractivity (Wildman–Crippen MR) is 68.1 cm³/mol. The largest absolute Gasteiger partial charge is 0.468 e. The monoisotopic (exact) mass is 297 g/mol. The molecule has 1 atom stereocenters. The maximum Gasteiger partial charge on any atom is 0.137 e. The number of hydrogen-bond acceptors (Lipinski definition) is 2. The second kappa shape index (κ2) is 5.47. The van der Waals surface area contributed by atoms with E-state index in [0.29, 0.717) is 11.0 Å². The summed E-state index contributed by atoms with van der Waals surface area (Å²) in [5, 5.41) is 3.28. The number of nitrogens with one attached hydrogen (secondary N) is 1. The molecule has 0 spiro atoms. The van der Waals surface area contributed by atoms with E-state index >= 15 is 0 Å². The topological polar surface area (TPSA) is 25.2 Å². The van der Waals surface area contributed by atoms with E-state index in [4.69, 9.17) is 4.42 Å². The lowest BCUT2D eigenvalue weighted by Gasteiger charge is -2.12. The van der Waals surface area contributed by atoms with Crippen molar-refractivity contribution in [2.45, 2.75) is 19.5 Å². The maximum absolute atomic E-state index is 13.3. The van der Waals surface area contributed by atoms with Gasteiger partial charge in [-0.05, 0) is 46.6 Å². The molecule has 2 aromatic rings. The Balaban J connectivity index is 2.00. The molecule has 2 rings (SSSR count). The van der Waals surface area contributed by atoms with Gasteiger partial charge >= 0.3 is 0 Å². The van der Waals surface area contributed by atoms with Crippen molar-refractivity contribution in [3.8, 4) is 0 Å². The summed E-state index contributed by atoms with van der Waals surface area (Å²) >= 11 is 3.24. The minimum absolute atomic E-state index is 0.0974. The average Bonchev–Trinajstić information content (AvgIpc) is 2.84. The summed E-state index contributed by atoms with van der Waals surface area (Å²) in [6, 6.07) is 8.89. The van der Waals surface area contributed by atoms with E-state index in [1.165, 1.54) is 6.07 Å². The molecule has 1 N–H and O–H groups in total. The normalized spacial score (nSPS) is 12.6. The lowest BCUT2D eigenvalue weighted by Crippen LogP contribution is -2.18. The molecule has 1 aromatic carbocycles. The summed E-state index contributed by atoms with van der Waals surface area (Å²) in [4.78, 5) is 0. The van der Waals surface area contributed by atoms with Crippen molar-refractivity contribution in [2.75, 3.05) is 0 Å². The molecule has 1 aromatic heterocycles. The molecule has 0 saturated heterocycles. The molecular formula is C13H13BrFNO. The molecule has 0 aliphatic rings. The van der Waals surface area contributed by atoms with Gasteiger partial charge in [0, 0.05) is 6.54 Å². The SMILES string of the molecule is C[C@H](NCc1cccc(F)c1Br)c1ccco1. The first-order valence-corrected chi connectivity index (χ1v) is 6.17. The molecule has 2 nitrogen and oxygen atoms in total. The molecule has 0 unspecified atom stereocenters. The van der Waals surface area contributed by atoms with E-state index in [0.717, 1.165) is 11.3 Å². The zero-order valence-electron chi connectivity index (χ0n) is 9.41. The van der Waals surface area contributed by atoms with E-state index < -0.39 is 0 Å². The first-order valence-electron chi connectivity index (χ1n) is 5.38. The van der Waals surface area contributed by atoms with Gasteiger partial charge in [-0.25, -0.2) is 4.39 Å². The van der Waals surface area contributed by atoms with Crippen molar-refractivity contribution >= 4 is 15.9 Å². The van der Waals surface area contributed by atoms with Gasteiger partial charge in [-0.1, -0.05) is 12.1 Å². The van der Waals surface area contributed by atoms with Gasteiger partial charge in [0.2, 0.25) is 0 Å². The van der Waals surface area contributed by atoms with Crippen LogP contribution in [0.1, 0.15) is 24.3 Å². The van der Waals surface area contributed by atoms with Crippen molar-refractivity contribution in [3.63, 3.8) is 0 Å². The van der Waals surface area contributed by atoms with Crippen molar-refractivity contribution in [1.29, 1.82) is 0 Å². The van der Waals surface area contributed by atoms with Gasteiger partial charge in [0.15, 0.2) is 0 Å². The summed E-state index contributed by atoms with van der Waals surface area (Å²) in [5.74, 6) is 0.632. The Kier molecular flexibility index (Phi) is 3.97. The van der Waals surface area contributed by atoms with Crippen LogP contribution in [0.3, 0.4) is 0 Å². The van der Waals surface area contributed by atoms with Crippen LogP contribution in [0.5, 0.6) is 0 Å². The lowest BCUT2D eigenvalue weighted by molar-refractivity contribution is 0.429. The van der Waals surface area contributed by atoms with Crippen molar-refractivity contribution in [3.05, 3.63) is 58.2 Å². The Morgan fingerprint density at radius 1 is 1.35 bits per heavy atom. The average molecular weight is 298 g/mol. The zero-order chi connectivity index (χ0) is 12.3. The molecule has 4 heteroatoms. The second-order valence-corrected chi connectivity index (χ2v) is 4.62. The standard InChI is InChI=1S/C13H13BrFNO/c1-9(12-6-3-7-17-12)16-8-10-4-2-5-11(15)13(10)14/h2-7,9,16H,8H2,1H3/t9-/m0/s1. The van der Waals surface area contributed by atoms with Gasteiger partial charge in [-0.3, -0.25) is 0 Å². The summed E-state index contributed by atoms with van der Waals surface area (Å²) in [7, 11) is 0.